The molecule has 1 aromatic carbocycles. The average molecular weight is 373 g/mol. The van der Waals surface area contributed by atoms with Crippen LogP contribution in [0.5, 0.6) is 0 Å². The summed E-state index contributed by atoms with van der Waals surface area (Å²) in [6, 6.07) is 7.04. The summed E-state index contributed by atoms with van der Waals surface area (Å²) in [5.41, 5.74) is -0.489. The molecule has 3 rings (SSSR count). The number of carbonyl (C=O) groups is 3. The van der Waals surface area contributed by atoms with E-state index in [1.54, 1.807) is 38.1 Å². The van der Waals surface area contributed by atoms with Crippen molar-refractivity contribution in [1.82, 2.24) is 9.80 Å². The minimum atomic E-state index is -1.36. The molecule has 1 aliphatic carbocycles. The van der Waals surface area contributed by atoms with Gasteiger partial charge in [0.15, 0.2) is 5.41 Å². The highest BCUT2D eigenvalue weighted by Gasteiger charge is 2.72. The smallest absolute Gasteiger partial charge is 0.319 e. The van der Waals surface area contributed by atoms with E-state index in [0.717, 1.165) is 31.7 Å². The number of hydrogen-bond acceptors (Lipinski definition) is 4. The van der Waals surface area contributed by atoms with Gasteiger partial charge in [0.1, 0.15) is 0 Å². The number of anilines is 1. The first-order valence-electron chi connectivity index (χ1n) is 9.26. The fourth-order valence-corrected chi connectivity index (χ4v) is 3.75. The highest BCUT2D eigenvalue weighted by molar-refractivity contribution is 6.12. The normalized spacial score (nSPS) is 24.3. The third kappa shape index (κ3) is 3.69. The Labute approximate surface area is 159 Å². The number of nitrogens with zero attached hydrogens (tertiary/aromatic N) is 2. The fourth-order valence-electron chi connectivity index (χ4n) is 3.75. The first-order chi connectivity index (χ1) is 12.7. The summed E-state index contributed by atoms with van der Waals surface area (Å²) in [6.45, 7) is 6.84. The molecule has 2 aliphatic rings. The second-order valence-corrected chi connectivity index (χ2v) is 8.28. The first kappa shape index (κ1) is 19.4. The van der Waals surface area contributed by atoms with Crippen molar-refractivity contribution in [3.8, 4) is 0 Å². The van der Waals surface area contributed by atoms with Gasteiger partial charge in [-0.05, 0) is 36.6 Å². The van der Waals surface area contributed by atoms with Gasteiger partial charge in [0.25, 0.3) is 0 Å². The van der Waals surface area contributed by atoms with Gasteiger partial charge in [0.2, 0.25) is 11.8 Å². The molecule has 7 heteroatoms. The van der Waals surface area contributed by atoms with E-state index in [0.29, 0.717) is 18.5 Å². The van der Waals surface area contributed by atoms with E-state index in [1.165, 1.54) is 0 Å². The molecule has 0 radical (unpaired) electrons. The number of benzene rings is 1. The molecule has 2 fully saturated rings. The summed E-state index contributed by atoms with van der Waals surface area (Å²) >= 11 is 0. The van der Waals surface area contributed by atoms with Crippen molar-refractivity contribution in [2.75, 3.05) is 38.5 Å². The Morgan fingerprint density at radius 2 is 1.63 bits per heavy atom. The van der Waals surface area contributed by atoms with Crippen molar-refractivity contribution in [1.29, 1.82) is 0 Å². The van der Waals surface area contributed by atoms with Crippen LogP contribution in [0.1, 0.15) is 25.8 Å². The summed E-state index contributed by atoms with van der Waals surface area (Å²) in [5.74, 6) is -1.47. The minimum Gasteiger partial charge on any atom is -0.480 e. The molecule has 2 N–H and O–H groups in total. The molecule has 0 spiro atoms. The van der Waals surface area contributed by atoms with E-state index in [4.69, 9.17) is 0 Å². The highest BCUT2D eigenvalue weighted by atomic mass is 16.4. The molecule has 27 heavy (non-hydrogen) atoms. The maximum atomic E-state index is 12.5. The maximum absolute atomic E-state index is 12.5. The van der Waals surface area contributed by atoms with Crippen LogP contribution < -0.4 is 5.32 Å². The Kier molecular flexibility index (Phi) is 4.99. The van der Waals surface area contributed by atoms with Crippen molar-refractivity contribution >= 4 is 23.5 Å². The van der Waals surface area contributed by atoms with Crippen LogP contribution in [0.15, 0.2) is 24.3 Å². The predicted molar refractivity (Wildman–Crippen MR) is 101 cm³/mol. The third-order valence-corrected chi connectivity index (χ3v) is 5.91. The zero-order chi connectivity index (χ0) is 19.8. The molecule has 1 atom stereocenters. The Morgan fingerprint density at radius 3 is 2.11 bits per heavy atom. The maximum Gasteiger partial charge on any atom is 0.319 e. The number of nitrogens with one attached hydrogen (secondary N) is 1. The molecule has 1 aliphatic heterocycles. The van der Waals surface area contributed by atoms with Crippen LogP contribution in [0.3, 0.4) is 0 Å². The molecule has 1 saturated heterocycles. The molecular weight excluding hydrogens is 346 g/mol. The second kappa shape index (κ2) is 6.96. The van der Waals surface area contributed by atoms with E-state index < -0.39 is 22.7 Å². The number of rotatable bonds is 5. The van der Waals surface area contributed by atoms with E-state index >= 15 is 0 Å². The minimum absolute atomic E-state index is 0.101. The molecular formula is C20H27N3O4. The van der Waals surface area contributed by atoms with Crippen molar-refractivity contribution in [2.24, 2.45) is 10.8 Å². The van der Waals surface area contributed by atoms with Crippen LogP contribution in [0.2, 0.25) is 0 Å². The van der Waals surface area contributed by atoms with Crippen molar-refractivity contribution < 1.29 is 19.5 Å². The van der Waals surface area contributed by atoms with Gasteiger partial charge in [-0.2, -0.15) is 0 Å². The van der Waals surface area contributed by atoms with Gasteiger partial charge in [0, 0.05) is 31.9 Å². The number of aliphatic carboxylic acids is 1. The van der Waals surface area contributed by atoms with E-state index in [9.17, 15) is 19.5 Å². The van der Waals surface area contributed by atoms with Gasteiger partial charge < -0.3 is 20.2 Å². The lowest BCUT2D eigenvalue weighted by Crippen LogP contribution is -2.47. The van der Waals surface area contributed by atoms with Crippen LogP contribution in [0, 0.1) is 10.8 Å². The lowest BCUT2D eigenvalue weighted by atomic mass is 9.95. The number of likely N-dealkylation sites (N-methyl/N-ethyl adjacent to an activating group) is 1. The van der Waals surface area contributed by atoms with Crippen LogP contribution in [-0.2, 0) is 20.8 Å². The highest BCUT2D eigenvalue weighted by Crippen LogP contribution is 2.64. The van der Waals surface area contributed by atoms with Crippen LogP contribution in [-0.4, -0.2) is 65.9 Å². The van der Waals surface area contributed by atoms with Crippen molar-refractivity contribution in [2.45, 2.75) is 26.7 Å². The summed E-state index contributed by atoms with van der Waals surface area (Å²) in [7, 11) is 2.05. The quantitative estimate of drug-likeness (QED) is 0.763. The Bertz CT molecular complexity index is 751. The predicted octanol–water partition coefficient (Wildman–Crippen LogP) is 1.44. The summed E-state index contributed by atoms with van der Waals surface area (Å²) in [6.07, 6.45) is 0.656. The number of carboxylic acids is 1. The van der Waals surface area contributed by atoms with Gasteiger partial charge in [0.05, 0.1) is 6.42 Å². The van der Waals surface area contributed by atoms with Crippen molar-refractivity contribution in [3.63, 3.8) is 0 Å². The number of carbonyl (C=O) groups excluding carboxylic acids is 2. The zero-order valence-corrected chi connectivity index (χ0v) is 16.1. The lowest BCUT2D eigenvalue weighted by molar-refractivity contribution is -0.149. The standard InChI is InChI=1S/C20H27N3O4/c1-19(2)13-20(19,18(26)27)17(25)21-15-6-4-14(5-7-15)12-16(24)23-10-8-22(3)9-11-23/h4-7H,8-13H2,1-3H3,(H,21,25)(H,26,27). The molecule has 2 amide bonds. The topological polar surface area (TPSA) is 90.0 Å². The van der Waals surface area contributed by atoms with Crippen LogP contribution >= 0.6 is 0 Å². The average Bonchev–Trinajstić information content (AvgIpc) is 3.21. The van der Waals surface area contributed by atoms with Crippen LogP contribution in [0.4, 0.5) is 5.69 Å². The molecule has 1 aromatic rings. The van der Waals surface area contributed by atoms with Crippen molar-refractivity contribution in [3.05, 3.63) is 29.8 Å². The second-order valence-electron chi connectivity index (χ2n) is 8.28. The molecule has 1 heterocycles. The SMILES string of the molecule is CN1CCN(C(=O)Cc2ccc(NC(=O)C3(C(=O)O)CC3(C)C)cc2)CC1. The molecule has 1 unspecified atom stereocenters. The Hall–Kier alpha value is -2.41. The molecule has 0 aromatic heterocycles. The monoisotopic (exact) mass is 373 g/mol. The Balaban J connectivity index is 1.58. The molecule has 146 valence electrons. The van der Waals surface area contributed by atoms with Crippen LogP contribution in [0.25, 0.3) is 0 Å². The largest absolute Gasteiger partial charge is 0.480 e. The zero-order valence-electron chi connectivity index (χ0n) is 16.1. The number of piperazine rings is 1. The van der Waals surface area contributed by atoms with Gasteiger partial charge >= 0.3 is 5.97 Å². The van der Waals surface area contributed by atoms with E-state index in [-0.39, 0.29) is 5.91 Å². The molecule has 7 nitrogen and oxygen atoms in total. The number of hydrogen-bond donors (Lipinski definition) is 2. The molecule has 1 saturated carbocycles. The number of amides is 2. The lowest BCUT2D eigenvalue weighted by Gasteiger charge is -2.32. The summed E-state index contributed by atoms with van der Waals surface area (Å²) in [5, 5.41) is 12.2. The number of carboxylic acid groups (broad SMARTS) is 1. The van der Waals surface area contributed by atoms with Gasteiger partial charge in [-0.25, -0.2) is 0 Å². The third-order valence-electron chi connectivity index (χ3n) is 5.91. The molecule has 0 bridgehead atoms. The van der Waals surface area contributed by atoms with E-state index in [1.807, 2.05) is 11.9 Å². The van der Waals surface area contributed by atoms with Gasteiger partial charge in [-0.1, -0.05) is 26.0 Å². The van der Waals surface area contributed by atoms with E-state index in [2.05, 4.69) is 10.2 Å². The summed E-state index contributed by atoms with van der Waals surface area (Å²) in [4.78, 5) is 40.5. The Morgan fingerprint density at radius 1 is 1.07 bits per heavy atom. The van der Waals surface area contributed by atoms with Gasteiger partial charge in [-0.3, -0.25) is 14.4 Å². The van der Waals surface area contributed by atoms with Gasteiger partial charge in [-0.15, -0.1) is 0 Å². The summed E-state index contributed by atoms with van der Waals surface area (Å²) < 4.78 is 0. The first-order valence-corrected chi connectivity index (χ1v) is 9.26. The fraction of sp³-hybridized carbons (Fsp3) is 0.550.